The standard InChI is InChI=1S/C24H25FN4O2S/c1-17-15-22(27-24(26-17)18-7-9-19(25)10-8-18)32-16-23(30)29-13-11-28(12-14-29)20-5-3-4-6-21(20)31-2/h3-10,15H,11-14,16H2,1-2H3. The second-order valence-corrected chi connectivity index (χ2v) is 8.50. The largest absolute Gasteiger partial charge is 0.495 e. The van der Waals surface area contributed by atoms with Gasteiger partial charge in [-0.3, -0.25) is 4.79 Å². The van der Waals surface area contributed by atoms with Crippen LogP contribution in [0.1, 0.15) is 5.69 Å². The fraction of sp³-hybridized carbons (Fsp3) is 0.292. The van der Waals surface area contributed by atoms with Crippen molar-refractivity contribution in [3.05, 3.63) is 66.1 Å². The highest BCUT2D eigenvalue weighted by molar-refractivity contribution is 7.99. The smallest absolute Gasteiger partial charge is 0.233 e. The third-order valence-electron chi connectivity index (χ3n) is 5.33. The topological polar surface area (TPSA) is 58.6 Å². The van der Waals surface area contributed by atoms with Crippen molar-refractivity contribution >= 4 is 23.4 Å². The number of thioether (sulfide) groups is 1. The van der Waals surface area contributed by atoms with Gasteiger partial charge in [0.25, 0.3) is 0 Å². The predicted molar refractivity (Wildman–Crippen MR) is 125 cm³/mol. The molecule has 0 unspecified atom stereocenters. The summed E-state index contributed by atoms with van der Waals surface area (Å²) in [4.78, 5) is 25.9. The molecule has 0 bridgehead atoms. The number of anilines is 1. The summed E-state index contributed by atoms with van der Waals surface area (Å²) in [5.41, 5.74) is 2.61. The number of para-hydroxylation sites is 2. The third-order valence-corrected chi connectivity index (χ3v) is 6.23. The minimum Gasteiger partial charge on any atom is -0.495 e. The molecule has 166 valence electrons. The Kier molecular flexibility index (Phi) is 6.90. The number of piperazine rings is 1. The van der Waals surface area contributed by atoms with E-state index in [1.54, 1.807) is 19.2 Å². The number of carbonyl (C=O) groups is 1. The monoisotopic (exact) mass is 452 g/mol. The zero-order valence-electron chi connectivity index (χ0n) is 18.1. The van der Waals surface area contributed by atoms with Gasteiger partial charge in [0, 0.05) is 37.4 Å². The number of methoxy groups -OCH3 is 1. The molecule has 0 N–H and O–H groups in total. The number of amides is 1. The highest BCUT2D eigenvalue weighted by Crippen LogP contribution is 2.28. The number of hydrogen-bond acceptors (Lipinski definition) is 6. The normalized spacial score (nSPS) is 13.8. The molecule has 0 radical (unpaired) electrons. The van der Waals surface area contributed by atoms with E-state index in [4.69, 9.17) is 4.74 Å². The SMILES string of the molecule is COc1ccccc1N1CCN(C(=O)CSc2cc(C)nc(-c3ccc(F)cc3)n2)CC1. The fourth-order valence-electron chi connectivity index (χ4n) is 3.66. The van der Waals surface area contributed by atoms with Crippen molar-refractivity contribution in [2.75, 3.05) is 43.9 Å². The molecule has 8 heteroatoms. The van der Waals surface area contributed by atoms with Crippen molar-refractivity contribution in [3.8, 4) is 17.1 Å². The Labute approximate surface area is 191 Å². The molecule has 1 aromatic heterocycles. The van der Waals surface area contributed by atoms with Crippen molar-refractivity contribution < 1.29 is 13.9 Å². The van der Waals surface area contributed by atoms with Gasteiger partial charge in [-0.15, -0.1) is 0 Å². The maximum absolute atomic E-state index is 13.2. The first-order valence-electron chi connectivity index (χ1n) is 10.4. The zero-order valence-corrected chi connectivity index (χ0v) is 18.9. The molecular formula is C24H25FN4O2S. The molecule has 0 atom stereocenters. The molecule has 3 aromatic rings. The lowest BCUT2D eigenvalue weighted by atomic mass is 10.2. The van der Waals surface area contributed by atoms with Gasteiger partial charge < -0.3 is 14.5 Å². The minimum absolute atomic E-state index is 0.0919. The van der Waals surface area contributed by atoms with Crippen molar-refractivity contribution in [2.45, 2.75) is 11.9 Å². The van der Waals surface area contributed by atoms with Gasteiger partial charge in [0.05, 0.1) is 18.6 Å². The summed E-state index contributed by atoms with van der Waals surface area (Å²) in [6, 6.07) is 15.9. The van der Waals surface area contributed by atoms with Gasteiger partial charge in [0.1, 0.15) is 16.6 Å². The number of nitrogens with zero attached hydrogens (tertiary/aromatic N) is 4. The Bertz CT molecular complexity index is 1090. The van der Waals surface area contributed by atoms with Crippen LogP contribution in [0.15, 0.2) is 59.6 Å². The summed E-state index contributed by atoms with van der Waals surface area (Å²) in [6.45, 7) is 4.75. The first kappa shape index (κ1) is 22.1. The average molecular weight is 453 g/mol. The lowest BCUT2D eigenvalue weighted by molar-refractivity contribution is -0.128. The molecule has 2 heterocycles. The molecule has 0 aliphatic carbocycles. The van der Waals surface area contributed by atoms with Crippen molar-refractivity contribution in [1.82, 2.24) is 14.9 Å². The molecule has 6 nitrogen and oxygen atoms in total. The van der Waals surface area contributed by atoms with Gasteiger partial charge in [0.15, 0.2) is 5.82 Å². The summed E-state index contributed by atoms with van der Waals surface area (Å²) >= 11 is 1.40. The van der Waals surface area contributed by atoms with Crippen LogP contribution in [0, 0.1) is 12.7 Å². The Balaban J connectivity index is 1.35. The first-order valence-corrected chi connectivity index (χ1v) is 11.4. The molecule has 1 aliphatic rings. The van der Waals surface area contributed by atoms with E-state index in [-0.39, 0.29) is 11.7 Å². The number of benzene rings is 2. The number of aryl methyl sites for hydroxylation is 1. The lowest BCUT2D eigenvalue weighted by Gasteiger charge is -2.36. The molecule has 1 aliphatic heterocycles. The molecule has 1 fully saturated rings. The van der Waals surface area contributed by atoms with Crippen molar-refractivity contribution in [1.29, 1.82) is 0 Å². The van der Waals surface area contributed by atoms with Crippen LogP contribution in [-0.2, 0) is 4.79 Å². The Morgan fingerprint density at radius 2 is 1.78 bits per heavy atom. The summed E-state index contributed by atoms with van der Waals surface area (Å²) in [5, 5.41) is 0.734. The Morgan fingerprint density at radius 1 is 1.06 bits per heavy atom. The number of rotatable bonds is 6. The summed E-state index contributed by atoms with van der Waals surface area (Å²) in [5.74, 6) is 1.49. The Hall–Kier alpha value is -3.13. The van der Waals surface area contributed by atoms with Gasteiger partial charge in [-0.2, -0.15) is 0 Å². The average Bonchev–Trinajstić information content (AvgIpc) is 2.82. The van der Waals surface area contributed by atoms with Crippen LogP contribution >= 0.6 is 11.8 Å². The van der Waals surface area contributed by atoms with Crippen LogP contribution in [0.25, 0.3) is 11.4 Å². The Morgan fingerprint density at radius 3 is 2.50 bits per heavy atom. The molecule has 1 amide bonds. The van der Waals surface area contributed by atoms with Gasteiger partial charge in [-0.1, -0.05) is 23.9 Å². The van der Waals surface area contributed by atoms with E-state index in [1.165, 1.54) is 23.9 Å². The minimum atomic E-state index is -0.299. The van der Waals surface area contributed by atoms with Crippen LogP contribution < -0.4 is 9.64 Å². The molecular weight excluding hydrogens is 427 g/mol. The van der Waals surface area contributed by atoms with E-state index >= 15 is 0 Å². The summed E-state index contributed by atoms with van der Waals surface area (Å²) < 4.78 is 18.7. The highest BCUT2D eigenvalue weighted by atomic mass is 32.2. The lowest BCUT2D eigenvalue weighted by Crippen LogP contribution is -2.49. The predicted octanol–water partition coefficient (Wildman–Crippen LogP) is 4.04. The van der Waals surface area contributed by atoms with Gasteiger partial charge in [-0.05, 0) is 49.4 Å². The van der Waals surface area contributed by atoms with Crippen LogP contribution in [-0.4, -0.2) is 59.8 Å². The highest BCUT2D eigenvalue weighted by Gasteiger charge is 2.23. The third kappa shape index (κ3) is 5.19. The molecule has 0 spiro atoms. The molecule has 32 heavy (non-hydrogen) atoms. The van der Waals surface area contributed by atoms with Gasteiger partial charge >= 0.3 is 0 Å². The van der Waals surface area contributed by atoms with Crippen LogP contribution in [0.4, 0.5) is 10.1 Å². The number of aromatic nitrogens is 2. The first-order chi connectivity index (χ1) is 15.5. The number of halogens is 1. The van der Waals surface area contributed by atoms with E-state index in [9.17, 15) is 9.18 Å². The van der Waals surface area contributed by atoms with Gasteiger partial charge in [-0.25, -0.2) is 14.4 Å². The fourth-order valence-corrected chi connectivity index (χ4v) is 4.52. The van der Waals surface area contributed by atoms with Crippen LogP contribution in [0.3, 0.4) is 0 Å². The molecule has 1 saturated heterocycles. The van der Waals surface area contributed by atoms with Crippen LogP contribution in [0.5, 0.6) is 5.75 Å². The number of carbonyl (C=O) groups excluding carboxylic acids is 1. The zero-order chi connectivity index (χ0) is 22.5. The van der Waals surface area contributed by atoms with Crippen molar-refractivity contribution in [2.24, 2.45) is 0 Å². The van der Waals surface area contributed by atoms with E-state index in [0.717, 1.165) is 40.8 Å². The molecule has 0 saturated carbocycles. The van der Waals surface area contributed by atoms with Gasteiger partial charge in [0.2, 0.25) is 5.91 Å². The van der Waals surface area contributed by atoms with Crippen LogP contribution in [0.2, 0.25) is 0 Å². The quantitative estimate of drug-likeness (QED) is 0.416. The molecule has 4 rings (SSSR count). The van der Waals surface area contributed by atoms with E-state index in [1.807, 2.05) is 42.2 Å². The summed E-state index contributed by atoms with van der Waals surface area (Å²) in [6.07, 6.45) is 0. The summed E-state index contributed by atoms with van der Waals surface area (Å²) in [7, 11) is 1.67. The number of ether oxygens (including phenoxy) is 1. The second kappa shape index (κ2) is 9.99. The van der Waals surface area contributed by atoms with E-state index in [0.29, 0.717) is 24.7 Å². The number of hydrogen-bond donors (Lipinski definition) is 0. The maximum Gasteiger partial charge on any atom is 0.233 e. The second-order valence-electron chi connectivity index (χ2n) is 7.51. The van der Waals surface area contributed by atoms with Crippen molar-refractivity contribution in [3.63, 3.8) is 0 Å². The maximum atomic E-state index is 13.2. The van der Waals surface area contributed by atoms with E-state index < -0.39 is 0 Å². The van der Waals surface area contributed by atoms with E-state index in [2.05, 4.69) is 14.9 Å². The molecule has 2 aromatic carbocycles.